The first-order valence-corrected chi connectivity index (χ1v) is 7.54. The number of carbonyl (C=O) groups excluding carboxylic acids is 1. The third kappa shape index (κ3) is 3.43. The molecule has 1 amide bonds. The van der Waals surface area contributed by atoms with Crippen molar-refractivity contribution in [2.75, 3.05) is 0 Å². The highest BCUT2D eigenvalue weighted by Crippen LogP contribution is 2.28. The van der Waals surface area contributed by atoms with Gasteiger partial charge in [0.1, 0.15) is 5.82 Å². The summed E-state index contributed by atoms with van der Waals surface area (Å²) in [5.74, 6) is -0.549. The van der Waals surface area contributed by atoms with Crippen molar-refractivity contribution in [2.24, 2.45) is 4.99 Å². The minimum atomic E-state index is -0.327. The van der Waals surface area contributed by atoms with Crippen LogP contribution in [0.25, 0.3) is 6.08 Å². The molecule has 1 heterocycles. The Morgan fingerprint density at radius 2 is 2.00 bits per heavy atom. The molecule has 0 spiro atoms. The van der Waals surface area contributed by atoms with E-state index in [9.17, 15) is 9.18 Å². The van der Waals surface area contributed by atoms with Gasteiger partial charge in [0.25, 0.3) is 5.91 Å². The van der Waals surface area contributed by atoms with E-state index in [1.807, 2.05) is 31.2 Å². The maximum absolute atomic E-state index is 13.2. The number of thioether (sulfide) groups is 1. The van der Waals surface area contributed by atoms with Crippen LogP contribution >= 0.6 is 11.8 Å². The molecular formula is C17H13FN2OS. The van der Waals surface area contributed by atoms with Crippen molar-refractivity contribution >= 4 is 34.6 Å². The molecule has 1 N–H and O–H groups in total. The number of halogens is 1. The average molecular weight is 312 g/mol. The minimum Gasteiger partial charge on any atom is -0.300 e. The molecule has 0 radical (unpaired) electrons. The summed E-state index contributed by atoms with van der Waals surface area (Å²) in [6.07, 6.45) is 1.65. The predicted molar refractivity (Wildman–Crippen MR) is 88.4 cm³/mol. The molecule has 22 heavy (non-hydrogen) atoms. The number of hydrogen-bond donors (Lipinski definition) is 1. The Hall–Kier alpha value is -2.40. The summed E-state index contributed by atoms with van der Waals surface area (Å²) in [6, 6.07) is 13.8. The van der Waals surface area contributed by atoms with Gasteiger partial charge in [-0.05, 0) is 60.2 Å². The molecule has 2 aromatic rings. The molecule has 110 valence electrons. The second kappa shape index (κ2) is 6.15. The van der Waals surface area contributed by atoms with Gasteiger partial charge in [-0.15, -0.1) is 0 Å². The molecule has 2 aromatic carbocycles. The zero-order chi connectivity index (χ0) is 15.5. The third-order valence-electron chi connectivity index (χ3n) is 3.03. The van der Waals surface area contributed by atoms with Crippen molar-refractivity contribution in [2.45, 2.75) is 6.92 Å². The van der Waals surface area contributed by atoms with Crippen LogP contribution in [0, 0.1) is 12.7 Å². The zero-order valence-electron chi connectivity index (χ0n) is 11.8. The Bertz CT molecular complexity index is 799. The van der Waals surface area contributed by atoms with Crippen LogP contribution in [-0.4, -0.2) is 11.1 Å². The van der Waals surface area contributed by atoms with Crippen molar-refractivity contribution in [3.8, 4) is 0 Å². The maximum Gasteiger partial charge on any atom is 0.264 e. The average Bonchev–Trinajstić information content (AvgIpc) is 2.79. The molecule has 0 atom stereocenters. The fourth-order valence-electron chi connectivity index (χ4n) is 2.04. The highest BCUT2D eigenvalue weighted by Gasteiger charge is 2.23. The van der Waals surface area contributed by atoms with Crippen molar-refractivity contribution in [1.82, 2.24) is 5.32 Å². The fraction of sp³-hybridized carbons (Fsp3) is 0.0588. The fourth-order valence-corrected chi connectivity index (χ4v) is 2.88. The quantitative estimate of drug-likeness (QED) is 0.851. The molecule has 1 saturated heterocycles. The van der Waals surface area contributed by atoms with E-state index in [4.69, 9.17) is 0 Å². The normalized spacial score (nSPS) is 18.0. The van der Waals surface area contributed by atoms with Crippen molar-refractivity contribution in [3.63, 3.8) is 0 Å². The van der Waals surface area contributed by atoms with E-state index in [2.05, 4.69) is 10.3 Å². The van der Waals surface area contributed by atoms with Gasteiger partial charge in [0.2, 0.25) is 0 Å². The molecule has 1 fully saturated rings. The number of carbonyl (C=O) groups is 1. The number of amidine groups is 1. The van der Waals surface area contributed by atoms with Gasteiger partial charge in [-0.25, -0.2) is 9.38 Å². The molecule has 0 aromatic heterocycles. The standard InChI is InChI=1S/C17H13FN2OS/c1-11-4-2-7-14(8-11)19-17-20-16(21)15(22-17)10-12-5-3-6-13(18)9-12/h2-10H,1H3,(H,19,20,21)/b15-10+. The smallest absolute Gasteiger partial charge is 0.264 e. The van der Waals surface area contributed by atoms with Crippen molar-refractivity contribution < 1.29 is 9.18 Å². The van der Waals surface area contributed by atoms with E-state index < -0.39 is 0 Å². The Kier molecular flexibility index (Phi) is 4.06. The molecular weight excluding hydrogens is 299 g/mol. The zero-order valence-corrected chi connectivity index (χ0v) is 12.7. The van der Waals surface area contributed by atoms with E-state index in [1.54, 1.807) is 18.2 Å². The van der Waals surface area contributed by atoms with Gasteiger partial charge in [-0.3, -0.25) is 4.79 Å². The minimum absolute atomic E-state index is 0.222. The largest absolute Gasteiger partial charge is 0.300 e. The first-order chi connectivity index (χ1) is 10.6. The van der Waals surface area contributed by atoms with Crippen LogP contribution in [0.4, 0.5) is 10.1 Å². The van der Waals surface area contributed by atoms with E-state index >= 15 is 0 Å². The second-order valence-corrected chi connectivity index (χ2v) is 5.91. The molecule has 3 rings (SSSR count). The number of aliphatic imine (C=N–C) groups is 1. The van der Waals surface area contributed by atoms with Crippen molar-refractivity contribution in [1.29, 1.82) is 0 Å². The summed E-state index contributed by atoms with van der Waals surface area (Å²) in [5, 5.41) is 3.24. The van der Waals surface area contributed by atoms with E-state index in [-0.39, 0.29) is 11.7 Å². The number of hydrogen-bond acceptors (Lipinski definition) is 3. The van der Waals surface area contributed by atoms with Crippen LogP contribution in [-0.2, 0) is 4.79 Å². The van der Waals surface area contributed by atoms with Gasteiger partial charge < -0.3 is 5.32 Å². The van der Waals surface area contributed by atoms with Crippen LogP contribution < -0.4 is 5.32 Å². The monoisotopic (exact) mass is 312 g/mol. The number of benzene rings is 2. The van der Waals surface area contributed by atoms with Crippen molar-refractivity contribution in [3.05, 3.63) is 70.4 Å². The van der Waals surface area contributed by atoms with E-state index in [0.717, 1.165) is 11.3 Å². The van der Waals surface area contributed by atoms with Crippen LogP contribution in [0.5, 0.6) is 0 Å². The summed E-state index contributed by atoms with van der Waals surface area (Å²) < 4.78 is 13.2. The lowest BCUT2D eigenvalue weighted by atomic mass is 10.2. The number of nitrogens with zero attached hydrogens (tertiary/aromatic N) is 1. The SMILES string of the molecule is Cc1cccc(N=C2NC(=O)/C(=C\c3cccc(F)c3)S2)c1. The summed E-state index contributed by atoms with van der Waals surface area (Å²) in [6.45, 7) is 1.99. The number of rotatable bonds is 2. The first-order valence-electron chi connectivity index (χ1n) is 6.72. The Morgan fingerprint density at radius 1 is 1.18 bits per heavy atom. The van der Waals surface area contributed by atoms with Gasteiger partial charge in [-0.1, -0.05) is 24.3 Å². The number of nitrogens with one attached hydrogen (secondary N) is 1. The second-order valence-electron chi connectivity index (χ2n) is 4.88. The molecule has 0 bridgehead atoms. The third-order valence-corrected chi connectivity index (χ3v) is 3.94. The maximum atomic E-state index is 13.2. The lowest BCUT2D eigenvalue weighted by molar-refractivity contribution is -0.115. The summed E-state index contributed by atoms with van der Waals surface area (Å²) in [4.78, 5) is 16.9. The molecule has 5 heteroatoms. The highest BCUT2D eigenvalue weighted by atomic mass is 32.2. The molecule has 1 aliphatic rings. The van der Waals surface area contributed by atoms with Crippen LogP contribution in [0.15, 0.2) is 58.4 Å². The van der Waals surface area contributed by atoms with E-state index in [1.165, 1.54) is 23.9 Å². The predicted octanol–water partition coefficient (Wildman–Crippen LogP) is 4.03. The molecule has 0 unspecified atom stereocenters. The Morgan fingerprint density at radius 3 is 2.77 bits per heavy atom. The lowest BCUT2D eigenvalue weighted by Gasteiger charge is -1.97. The molecule has 0 aliphatic carbocycles. The Balaban J connectivity index is 1.84. The van der Waals surface area contributed by atoms with Crippen LogP contribution in [0.2, 0.25) is 0 Å². The summed E-state index contributed by atoms with van der Waals surface area (Å²) in [7, 11) is 0. The van der Waals surface area contributed by atoms with Crippen LogP contribution in [0.1, 0.15) is 11.1 Å². The van der Waals surface area contributed by atoms with Crippen LogP contribution in [0.3, 0.4) is 0 Å². The van der Waals surface area contributed by atoms with Gasteiger partial charge in [0.15, 0.2) is 5.17 Å². The van der Waals surface area contributed by atoms with Gasteiger partial charge in [0.05, 0.1) is 10.6 Å². The number of aryl methyl sites for hydroxylation is 1. The summed E-state index contributed by atoms with van der Waals surface area (Å²) in [5.41, 5.74) is 2.54. The van der Waals surface area contributed by atoms with Gasteiger partial charge >= 0.3 is 0 Å². The molecule has 3 nitrogen and oxygen atoms in total. The topological polar surface area (TPSA) is 41.5 Å². The highest BCUT2D eigenvalue weighted by molar-refractivity contribution is 8.18. The molecule has 0 saturated carbocycles. The lowest BCUT2D eigenvalue weighted by Crippen LogP contribution is -2.19. The molecule has 1 aliphatic heterocycles. The van der Waals surface area contributed by atoms with Gasteiger partial charge in [-0.2, -0.15) is 0 Å². The Labute approximate surface area is 132 Å². The van der Waals surface area contributed by atoms with Gasteiger partial charge in [0, 0.05) is 0 Å². The number of amides is 1. The summed E-state index contributed by atoms with van der Waals surface area (Å²) >= 11 is 1.25. The van der Waals surface area contributed by atoms with E-state index in [0.29, 0.717) is 15.6 Å². The first kappa shape index (κ1) is 14.5.